The number of nitrogens with zero attached hydrogens (tertiary/aromatic N) is 1. The van der Waals surface area contributed by atoms with Gasteiger partial charge in [0, 0.05) is 0 Å². The summed E-state index contributed by atoms with van der Waals surface area (Å²) < 4.78 is 5.87. The van der Waals surface area contributed by atoms with E-state index in [1.165, 1.54) is 0 Å². The number of fused-ring (bicyclic) bond motifs is 1. The van der Waals surface area contributed by atoms with Crippen LogP contribution in [0.2, 0.25) is 0 Å². The van der Waals surface area contributed by atoms with Crippen LogP contribution in [0.4, 0.5) is 0 Å². The summed E-state index contributed by atoms with van der Waals surface area (Å²) in [5.74, 6) is 0.864. The first-order valence-corrected chi connectivity index (χ1v) is 5.47. The lowest BCUT2D eigenvalue weighted by Gasteiger charge is -2.17. The molecule has 3 heteroatoms. The van der Waals surface area contributed by atoms with E-state index in [2.05, 4.69) is 4.99 Å². The number of para-hydroxylation sites is 1. The molecule has 0 bridgehead atoms. The second-order valence-electron chi connectivity index (χ2n) is 3.94. The molecule has 1 heterocycles. The van der Waals surface area contributed by atoms with Gasteiger partial charge in [-0.2, -0.15) is 0 Å². The number of hydrogen-bond donors (Lipinski definition) is 0. The Labute approximate surface area is 94.9 Å². The van der Waals surface area contributed by atoms with Gasteiger partial charge in [-0.3, -0.25) is 4.99 Å². The summed E-state index contributed by atoms with van der Waals surface area (Å²) >= 11 is 6.15. The normalized spacial score (nSPS) is 24.9. The lowest BCUT2D eigenvalue weighted by Crippen LogP contribution is -2.23. The molecule has 2 nitrogen and oxygen atoms in total. The van der Waals surface area contributed by atoms with E-state index in [0.29, 0.717) is 5.17 Å². The number of rotatable bonds is 0. The zero-order valence-corrected chi connectivity index (χ0v) is 9.88. The molecule has 0 unspecified atom stereocenters. The first-order valence-electron chi connectivity index (χ1n) is 5.09. The molecule has 1 aliphatic heterocycles. The average molecular weight is 224 g/mol. The molecular formula is C12H14ClNO. The fourth-order valence-electron chi connectivity index (χ4n) is 1.61. The van der Waals surface area contributed by atoms with Crippen LogP contribution < -0.4 is 4.74 Å². The van der Waals surface area contributed by atoms with Gasteiger partial charge in [-0.05, 0) is 32.4 Å². The molecule has 0 aromatic heterocycles. The number of halogens is 1. The summed E-state index contributed by atoms with van der Waals surface area (Å²) in [7, 11) is 0. The summed E-state index contributed by atoms with van der Waals surface area (Å²) in [6, 6.07) is 6.02. The Morgan fingerprint density at radius 1 is 1.33 bits per heavy atom. The highest BCUT2D eigenvalue weighted by Crippen LogP contribution is 2.29. The first kappa shape index (κ1) is 10.5. The summed E-state index contributed by atoms with van der Waals surface area (Å²) in [6.45, 7) is 6.04. The SMILES string of the molecule is Cc1cccc2c1O[C@H](C)[C@@H](C)N=C2Cl. The zero-order chi connectivity index (χ0) is 11.0. The van der Waals surface area contributed by atoms with Gasteiger partial charge in [0.25, 0.3) is 0 Å². The molecule has 0 saturated carbocycles. The fraction of sp³-hybridized carbons (Fsp3) is 0.417. The molecule has 1 aromatic rings. The van der Waals surface area contributed by atoms with Crippen LogP contribution in [0.15, 0.2) is 23.2 Å². The molecule has 2 atom stereocenters. The predicted molar refractivity (Wildman–Crippen MR) is 63.1 cm³/mol. The maximum absolute atomic E-state index is 6.15. The van der Waals surface area contributed by atoms with Crippen LogP contribution in [0, 0.1) is 6.92 Å². The predicted octanol–water partition coefficient (Wildman–Crippen LogP) is 3.15. The van der Waals surface area contributed by atoms with Crippen molar-refractivity contribution in [1.82, 2.24) is 0 Å². The van der Waals surface area contributed by atoms with Crippen molar-refractivity contribution in [3.8, 4) is 5.75 Å². The molecule has 80 valence electrons. The minimum absolute atomic E-state index is 0.0566. The maximum Gasteiger partial charge on any atom is 0.135 e. The Kier molecular flexibility index (Phi) is 2.70. The van der Waals surface area contributed by atoms with Gasteiger partial charge in [0.1, 0.15) is 17.0 Å². The highest BCUT2D eigenvalue weighted by atomic mass is 35.5. The maximum atomic E-state index is 6.15. The highest BCUT2D eigenvalue weighted by molar-refractivity contribution is 6.70. The van der Waals surface area contributed by atoms with E-state index in [0.717, 1.165) is 16.9 Å². The van der Waals surface area contributed by atoms with Crippen molar-refractivity contribution in [3.05, 3.63) is 29.3 Å². The van der Waals surface area contributed by atoms with Crippen molar-refractivity contribution in [2.24, 2.45) is 4.99 Å². The third-order valence-electron chi connectivity index (χ3n) is 2.73. The van der Waals surface area contributed by atoms with Gasteiger partial charge in [0.2, 0.25) is 0 Å². The van der Waals surface area contributed by atoms with Gasteiger partial charge in [-0.1, -0.05) is 23.7 Å². The molecule has 1 aliphatic rings. The van der Waals surface area contributed by atoms with E-state index in [-0.39, 0.29) is 12.1 Å². The van der Waals surface area contributed by atoms with Gasteiger partial charge in [-0.25, -0.2) is 0 Å². The number of benzene rings is 1. The van der Waals surface area contributed by atoms with E-state index < -0.39 is 0 Å². The fourth-order valence-corrected chi connectivity index (χ4v) is 1.91. The summed E-state index contributed by atoms with van der Waals surface area (Å²) in [5, 5.41) is 0.547. The summed E-state index contributed by atoms with van der Waals surface area (Å²) in [5.41, 5.74) is 2.00. The Morgan fingerprint density at radius 2 is 2.07 bits per heavy atom. The van der Waals surface area contributed by atoms with Crippen LogP contribution in [0.1, 0.15) is 25.0 Å². The molecular weight excluding hydrogens is 210 g/mol. The Hall–Kier alpha value is -1.02. The molecule has 0 spiro atoms. The van der Waals surface area contributed by atoms with Crippen LogP contribution in [0.25, 0.3) is 0 Å². The molecule has 2 rings (SSSR count). The van der Waals surface area contributed by atoms with Gasteiger partial charge < -0.3 is 4.74 Å². The molecule has 0 N–H and O–H groups in total. The smallest absolute Gasteiger partial charge is 0.135 e. The molecule has 1 aromatic carbocycles. The summed E-state index contributed by atoms with van der Waals surface area (Å²) in [4.78, 5) is 4.40. The van der Waals surface area contributed by atoms with Crippen LogP contribution in [0.5, 0.6) is 5.75 Å². The largest absolute Gasteiger partial charge is 0.487 e. The van der Waals surface area contributed by atoms with Gasteiger partial charge >= 0.3 is 0 Å². The quantitative estimate of drug-likeness (QED) is 0.662. The Balaban J connectivity index is 2.57. The molecule has 0 fully saturated rings. The lowest BCUT2D eigenvalue weighted by atomic mass is 10.1. The van der Waals surface area contributed by atoms with Gasteiger partial charge in [0.05, 0.1) is 11.6 Å². The van der Waals surface area contributed by atoms with Gasteiger partial charge in [0.15, 0.2) is 0 Å². The number of aliphatic imine (C=N–C) groups is 1. The third-order valence-corrected chi connectivity index (χ3v) is 3.04. The highest BCUT2D eigenvalue weighted by Gasteiger charge is 2.22. The monoisotopic (exact) mass is 223 g/mol. The Morgan fingerprint density at radius 3 is 2.80 bits per heavy atom. The van der Waals surface area contributed by atoms with Crippen molar-refractivity contribution in [3.63, 3.8) is 0 Å². The van der Waals surface area contributed by atoms with E-state index in [9.17, 15) is 0 Å². The molecule has 0 saturated heterocycles. The standard InChI is InChI=1S/C12H14ClNO/c1-7-5-4-6-10-11(7)15-9(3)8(2)14-12(10)13/h4-6,8-9H,1-3H3/t8-,9-/m1/s1. The van der Waals surface area contributed by atoms with Crippen molar-refractivity contribution >= 4 is 16.8 Å². The van der Waals surface area contributed by atoms with Crippen LogP contribution in [0.3, 0.4) is 0 Å². The van der Waals surface area contributed by atoms with Crippen LogP contribution >= 0.6 is 11.6 Å². The van der Waals surface area contributed by atoms with Crippen molar-refractivity contribution in [2.45, 2.75) is 32.9 Å². The lowest BCUT2D eigenvalue weighted by molar-refractivity contribution is 0.199. The number of aryl methyl sites for hydroxylation is 1. The summed E-state index contributed by atoms with van der Waals surface area (Å²) in [6.07, 6.45) is 0.0566. The van der Waals surface area contributed by atoms with E-state index >= 15 is 0 Å². The number of ether oxygens (including phenoxy) is 1. The van der Waals surface area contributed by atoms with Gasteiger partial charge in [-0.15, -0.1) is 0 Å². The molecule has 15 heavy (non-hydrogen) atoms. The van der Waals surface area contributed by atoms with Crippen LogP contribution in [-0.4, -0.2) is 17.3 Å². The molecule has 0 amide bonds. The van der Waals surface area contributed by atoms with E-state index in [1.54, 1.807) is 0 Å². The van der Waals surface area contributed by atoms with Crippen molar-refractivity contribution < 1.29 is 4.74 Å². The molecule has 0 radical (unpaired) electrons. The third kappa shape index (κ3) is 1.86. The minimum atomic E-state index is 0.0566. The minimum Gasteiger partial charge on any atom is -0.487 e. The number of hydrogen-bond acceptors (Lipinski definition) is 2. The average Bonchev–Trinajstić information content (AvgIpc) is 2.29. The van der Waals surface area contributed by atoms with E-state index in [4.69, 9.17) is 16.3 Å². The second-order valence-corrected chi connectivity index (χ2v) is 4.29. The zero-order valence-electron chi connectivity index (χ0n) is 9.12. The van der Waals surface area contributed by atoms with E-state index in [1.807, 2.05) is 39.0 Å². The van der Waals surface area contributed by atoms with Crippen molar-refractivity contribution in [1.29, 1.82) is 0 Å². The first-order chi connectivity index (χ1) is 7.09. The Bertz CT molecular complexity index is 414. The molecule has 0 aliphatic carbocycles. The van der Waals surface area contributed by atoms with Crippen LogP contribution in [-0.2, 0) is 0 Å². The second kappa shape index (κ2) is 3.86. The van der Waals surface area contributed by atoms with Crippen molar-refractivity contribution in [2.75, 3.05) is 0 Å². The topological polar surface area (TPSA) is 21.6 Å².